The van der Waals surface area contributed by atoms with Gasteiger partial charge in [-0.05, 0) is 48.2 Å². The Bertz CT molecular complexity index is 832. The van der Waals surface area contributed by atoms with Gasteiger partial charge in [0, 0.05) is 18.5 Å². The van der Waals surface area contributed by atoms with Crippen LogP contribution in [0.2, 0.25) is 0 Å². The molecule has 0 saturated carbocycles. The van der Waals surface area contributed by atoms with Crippen molar-refractivity contribution < 1.29 is 32.6 Å². The predicted molar refractivity (Wildman–Crippen MR) is 96.8 cm³/mol. The molecule has 2 rings (SSSR count). The zero-order chi connectivity index (χ0) is 20.7. The number of rotatable bonds is 8. The Balaban J connectivity index is 1.89. The first-order valence-corrected chi connectivity index (χ1v) is 8.53. The molecule has 8 heteroatoms. The van der Waals surface area contributed by atoms with Gasteiger partial charge in [-0.2, -0.15) is 13.2 Å². The smallest absolute Gasteiger partial charge is 0.389 e. The fourth-order valence-corrected chi connectivity index (χ4v) is 2.61. The van der Waals surface area contributed by atoms with Gasteiger partial charge >= 0.3 is 12.1 Å². The second-order valence-electron chi connectivity index (χ2n) is 6.15. The van der Waals surface area contributed by atoms with Gasteiger partial charge in [0.2, 0.25) is 0 Å². The Hall–Kier alpha value is -3.03. The first-order chi connectivity index (χ1) is 13.2. The maximum absolute atomic E-state index is 12.2. The number of alkyl halides is 3. The number of amides is 1. The zero-order valence-electron chi connectivity index (χ0n) is 15.2. The van der Waals surface area contributed by atoms with E-state index in [0.29, 0.717) is 23.3 Å². The van der Waals surface area contributed by atoms with Crippen molar-refractivity contribution >= 4 is 11.9 Å². The maximum Gasteiger partial charge on any atom is 0.389 e. The maximum atomic E-state index is 12.2. The summed E-state index contributed by atoms with van der Waals surface area (Å²) in [6.07, 6.45) is -4.81. The number of benzene rings is 2. The number of carbonyl (C=O) groups excluding carboxylic acids is 1. The number of nitrogens with one attached hydrogen (secondary N) is 1. The summed E-state index contributed by atoms with van der Waals surface area (Å²) < 4.78 is 41.9. The highest BCUT2D eigenvalue weighted by molar-refractivity contribution is 5.94. The van der Waals surface area contributed by atoms with Crippen LogP contribution >= 0.6 is 0 Å². The highest BCUT2D eigenvalue weighted by Gasteiger charge is 2.26. The average Bonchev–Trinajstić information content (AvgIpc) is 2.66. The molecule has 0 unspecified atom stereocenters. The number of carboxylic acid groups (broad SMARTS) is 1. The molecule has 2 aromatic rings. The van der Waals surface area contributed by atoms with Crippen LogP contribution < -0.4 is 10.1 Å². The van der Waals surface area contributed by atoms with E-state index in [1.165, 1.54) is 43.5 Å². The third kappa shape index (κ3) is 6.29. The number of carbonyl (C=O) groups is 2. The van der Waals surface area contributed by atoms with Gasteiger partial charge in [0.25, 0.3) is 5.91 Å². The molecule has 0 bridgehead atoms. The van der Waals surface area contributed by atoms with E-state index in [2.05, 4.69) is 5.32 Å². The second kappa shape index (κ2) is 9.25. The highest BCUT2D eigenvalue weighted by atomic mass is 19.4. The Morgan fingerprint density at radius 1 is 1.04 bits per heavy atom. The van der Waals surface area contributed by atoms with Crippen LogP contribution in [0.4, 0.5) is 13.2 Å². The van der Waals surface area contributed by atoms with Gasteiger partial charge in [-0.1, -0.05) is 18.2 Å². The van der Waals surface area contributed by atoms with Crippen LogP contribution in [-0.2, 0) is 12.8 Å². The Kier molecular flexibility index (Phi) is 7.03. The molecule has 2 aromatic carbocycles. The van der Waals surface area contributed by atoms with Crippen LogP contribution in [0.5, 0.6) is 5.75 Å². The summed E-state index contributed by atoms with van der Waals surface area (Å²) in [7, 11) is 1.43. The van der Waals surface area contributed by atoms with Crippen molar-refractivity contribution in [1.82, 2.24) is 5.32 Å². The average molecular weight is 395 g/mol. The zero-order valence-corrected chi connectivity index (χ0v) is 15.2. The summed E-state index contributed by atoms with van der Waals surface area (Å²) in [5, 5.41) is 11.7. The van der Waals surface area contributed by atoms with Gasteiger partial charge in [-0.3, -0.25) is 4.79 Å². The molecule has 2 N–H and O–H groups in total. The number of hydrogen-bond donors (Lipinski definition) is 2. The summed E-state index contributed by atoms with van der Waals surface area (Å²) >= 11 is 0. The Morgan fingerprint density at radius 2 is 1.68 bits per heavy atom. The fourth-order valence-electron chi connectivity index (χ4n) is 2.61. The summed E-state index contributed by atoms with van der Waals surface area (Å²) in [4.78, 5) is 23.1. The van der Waals surface area contributed by atoms with E-state index in [4.69, 9.17) is 9.84 Å². The summed E-state index contributed by atoms with van der Waals surface area (Å²) in [6, 6.07) is 10.5. The lowest BCUT2D eigenvalue weighted by atomic mass is 10.1. The van der Waals surface area contributed by atoms with Crippen LogP contribution in [0.25, 0.3) is 0 Å². The summed E-state index contributed by atoms with van der Waals surface area (Å²) in [6.45, 7) is 0.289. The van der Waals surface area contributed by atoms with E-state index in [1.54, 1.807) is 6.07 Å². The first kappa shape index (κ1) is 21.3. The second-order valence-corrected chi connectivity index (χ2v) is 6.15. The first-order valence-electron chi connectivity index (χ1n) is 8.53. The number of aromatic carboxylic acids is 1. The Labute approximate surface area is 160 Å². The quantitative estimate of drug-likeness (QED) is 0.712. The highest BCUT2D eigenvalue weighted by Crippen LogP contribution is 2.22. The van der Waals surface area contributed by atoms with Crippen LogP contribution in [0.3, 0.4) is 0 Å². The molecule has 0 spiro atoms. The van der Waals surface area contributed by atoms with Crippen molar-refractivity contribution in [2.75, 3.05) is 13.7 Å². The molecule has 1 amide bonds. The van der Waals surface area contributed by atoms with E-state index in [-0.39, 0.29) is 24.4 Å². The largest absolute Gasteiger partial charge is 0.496 e. The molecule has 0 fully saturated rings. The third-order valence-electron chi connectivity index (χ3n) is 4.13. The summed E-state index contributed by atoms with van der Waals surface area (Å²) in [5.41, 5.74) is 1.71. The van der Waals surface area contributed by atoms with Crippen LogP contribution in [0.1, 0.15) is 38.3 Å². The predicted octanol–water partition coefficient (Wildman–Crippen LogP) is 3.86. The van der Waals surface area contributed by atoms with Gasteiger partial charge in [-0.25, -0.2) is 4.79 Å². The van der Waals surface area contributed by atoms with Crippen molar-refractivity contribution in [2.24, 2.45) is 0 Å². The lowest BCUT2D eigenvalue weighted by molar-refractivity contribution is -0.134. The van der Waals surface area contributed by atoms with Gasteiger partial charge in [0.05, 0.1) is 12.7 Å². The standard InChI is InChI=1S/C20H20F3NO4/c1-28-17-12-16(19(26)27)7-6-14(17)9-11-24-18(25)15-4-2-13(3-5-15)8-10-20(21,22)23/h2-7,12H,8-11H2,1H3,(H,24,25)(H,26,27). The molecule has 0 atom stereocenters. The van der Waals surface area contributed by atoms with E-state index in [9.17, 15) is 22.8 Å². The third-order valence-corrected chi connectivity index (χ3v) is 4.13. The molecule has 150 valence electrons. The van der Waals surface area contributed by atoms with Crippen molar-refractivity contribution in [1.29, 1.82) is 0 Å². The van der Waals surface area contributed by atoms with E-state index >= 15 is 0 Å². The lowest BCUT2D eigenvalue weighted by Gasteiger charge is -2.11. The minimum absolute atomic E-state index is 0.107. The lowest BCUT2D eigenvalue weighted by Crippen LogP contribution is -2.25. The van der Waals surface area contributed by atoms with Gasteiger partial charge in [0.15, 0.2) is 0 Å². The van der Waals surface area contributed by atoms with Crippen LogP contribution in [0.15, 0.2) is 42.5 Å². The molecule has 0 radical (unpaired) electrons. The SMILES string of the molecule is COc1cc(C(=O)O)ccc1CCNC(=O)c1ccc(CCC(F)(F)F)cc1. The summed E-state index contributed by atoms with van der Waals surface area (Å²) in [5.74, 6) is -0.983. The number of aryl methyl sites for hydroxylation is 1. The molecule has 0 saturated heterocycles. The molecule has 5 nitrogen and oxygen atoms in total. The van der Waals surface area contributed by atoms with Gasteiger partial charge < -0.3 is 15.2 Å². The molecule has 0 aliphatic heterocycles. The Morgan fingerprint density at radius 3 is 2.25 bits per heavy atom. The van der Waals surface area contributed by atoms with E-state index < -0.39 is 18.6 Å². The number of hydrogen-bond acceptors (Lipinski definition) is 3. The van der Waals surface area contributed by atoms with Crippen LogP contribution in [0, 0.1) is 0 Å². The molecule has 0 aromatic heterocycles. The van der Waals surface area contributed by atoms with Gasteiger partial charge in [0.1, 0.15) is 5.75 Å². The van der Waals surface area contributed by atoms with E-state index in [1.807, 2.05) is 0 Å². The molecule has 28 heavy (non-hydrogen) atoms. The molecule has 0 aliphatic rings. The number of halogens is 3. The van der Waals surface area contributed by atoms with E-state index in [0.717, 1.165) is 5.56 Å². The number of ether oxygens (including phenoxy) is 1. The molecular weight excluding hydrogens is 375 g/mol. The van der Waals surface area contributed by atoms with Crippen LogP contribution in [-0.4, -0.2) is 36.8 Å². The van der Waals surface area contributed by atoms with Gasteiger partial charge in [-0.15, -0.1) is 0 Å². The van der Waals surface area contributed by atoms with Crippen molar-refractivity contribution in [3.05, 3.63) is 64.7 Å². The normalized spacial score (nSPS) is 11.1. The minimum atomic E-state index is -4.21. The van der Waals surface area contributed by atoms with Crippen molar-refractivity contribution in [2.45, 2.75) is 25.4 Å². The fraction of sp³-hybridized carbons (Fsp3) is 0.300. The monoisotopic (exact) mass is 395 g/mol. The number of carboxylic acids is 1. The molecular formula is C20H20F3NO4. The number of methoxy groups -OCH3 is 1. The molecule has 0 heterocycles. The minimum Gasteiger partial charge on any atom is -0.496 e. The topological polar surface area (TPSA) is 75.6 Å². The van der Waals surface area contributed by atoms with Crippen molar-refractivity contribution in [3.63, 3.8) is 0 Å². The molecule has 0 aliphatic carbocycles. The van der Waals surface area contributed by atoms with Crippen molar-refractivity contribution in [3.8, 4) is 5.75 Å².